The van der Waals surface area contributed by atoms with Crippen molar-refractivity contribution in [1.82, 2.24) is 5.32 Å². The third-order valence-electron chi connectivity index (χ3n) is 3.49. The summed E-state index contributed by atoms with van der Waals surface area (Å²) >= 11 is 0. The maximum absolute atomic E-state index is 12.1. The molecule has 0 aliphatic heterocycles. The molecule has 0 radical (unpaired) electrons. The Balaban J connectivity index is 2.36. The van der Waals surface area contributed by atoms with Crippen molar-refractivity contribution in [2.75, 3.05) is 26.8 Å². The zero-order chi connectivity index (χ0) is 11.9. The van der Waals surface area contributed by atoms with E-state index < -0.39 is 0 Å². The predicted octanol–water partition coefficient (Wildman–Crippen LogP) is 1.05. The third kappa shape index (κ3) is 3.46. The van der Waals surface area contributed by atoms with E-state index in [0.29, 0.717) is 19.7 Å². The number of nitrogens with one attached hydrogen (secondary N) is 1. The average Bonchev–Trinajstić information content (AvgIpc) is 2.35. The summed E-state index contributed by atoms with van der Waals surface area (Å²) in [6, 6.07) is 0. The molecule has 1 rings (SSSR count). The van der Waals surface area contributed by atoms with E-state index in [-0.39, 0.29) is 11.3 Å². The summed E-state index contributed by atoms with van der Waals surface area (Å²) in [7, 11) is 1.67. The molecular formula is C12H24N2O2. The van der Waals surface area contributed by atoms with E-state index in [0.717, 1.165) is 32.1 Å². The second-order valence-electron chi connectivity index (χ2n) is 4.65. The maximum Gasteiger partial charge on any atom is 0.227 e. The molecule has 0 atom stereocenters. The summed E-state index contributed by atoms with van der Waals surface area (Å²) in [4.78, 5) is 12.1. The molecule has 4 nitrogen and oxygen atoms in total. The van der Waals surface area contributed by atoms with Gasteiger partial charge in [0.1, 0.15) is 0 Å². The lowest BCUT2D eigenvalue weighted by molar-refractivity contribution is -0.132. The van der Waals surface area contributed by atoms with E-state index in [2.05, 4.69) is 5.32 Å². The fraction of sp³-hybridized carbons (Fsp3) is 0.917. The van der Waals surface area contributed by atoms with Gasteiger partial charge in [0, 0.05) is 26.8 Å². The second kappa shape index (κ2) is 6.86. The van der Waals surface area contributed by atoms with Crippen LogP contribution in [0.5, 0.6) is 0 Å². The van der Waals surface area contributed by atoms with Gasteiger partial charge < -0.3 is 15.8 Å². The number of carbonyl (C=O) groups is 1. The number of ether oxygens (including phenoxy) is 1. The van der Waals surface area contributed by atoms with Crippen molar-refractivity contribution in [3.05, 3.63) is 0 Å². The van der Waals surface area contributed by atoms with Crippen LogP contribution in [0.2, 0.25) is 0 Å². The monoisotopic (exact) mass is 228 g/mol. The van der Waals surface area contributed by atoms with Crippen LogP contribution >= 0.6 is 0 Å². The summed E-state index contributed by atoms with van der Waals surface area (Å²) in [5.74, 6) is 0.144. The van der Waals surface area contributed by atoms with Crippen molar-refractivity contribution in [2.45, 2.75) is 38.5 Å². The average molecular weight is 228 g/mol. The molecular weight excluding hydrogens is 204 g/mol. The van der Waals surface area contributed by atoms with Crippen LogP contribution in [0.25, 0.3) is 0 Å². The molecule has 0 bridgehead atoms. The fourth-order valence-corrected chi connectivity index (χ4v) is 2.36. The number of hydrogen-bond acceptors (Lipinski definition) is 3. The molecule has 0 aromatic heterocycles. The number of nitrogens with two attached hydrogens (primary N) is 1. The van der Waals surface area contributed by atoms with Gasteiger partial charge in [-0.25, -0.2) is 0 Å². The van der Waals surface area contributed by atoms with Gasteiger partial charge in [0.05, 0.1) is 5.41 Å². The quantitative estimate of drug-likeness (QED) is 0.668. The molecule has 1 amide bonds. The van der Waals surface area contributed by atoms with Crippen molar-refractivity contribution in [1.29, 1.82) is 0 Å². The summed E-state index contributed by atoms with van der Waals surface area (Å²) in [6.07, 6.45) is 6.24. The Morgan fingerprint density at radius 1 is 1.38 bits per heavy atom. The van der Waals surface area contributed by atoms with Gasteiger partial charge in [-0.3, -0.25) is 4.79 Å². The Kier molecular flexibility index (Phi) is 5.77. The molecule has 0 aromatic carbocycles. The summed E-state index contributed by atoms with van der Waals surface area (Å²) in [6.45, 7) is 1.85. The minimum absolute atomic E-state index is 0.144. The van der Waals surface area contributed by atoms with Gasteiger partial charge in [-0.2, -0.15) is 0 Å². The molecule has 0 heterocycles. The number of amides is 1. The predicted molar refractivity (Wildman–Crippen MR) is 64.1 cm³/mol. The Morgan fingerprint density at radius 3 is 2.62 bits per heavy atom. The largest absolute Gasteiger partial charge is 0.385 e. The lowest BCUT2D eigenvalue weighted by Gasteiger charge is -2.34. The Bertz CT molecular complexity index is 213. The molecule has 16 heavy (non-hydrogen) atoms. The molecule has 3 N–H and O–H groups in total. The summed E-state index contributed by atoms with van der Waals surface area (Å²) in [5.41, 5.74) is 5.50. The zero-order valence-corrected chi connectivity index (χ0v) is 10.3. The summed E-state index contributed by atoms with van der Waals surface area (Å²) < 4.78 is 4.94. The molecule has 1 saturated carbocycles. The van der Waals surface area contributed by atoms with Crippen LogP contribution in [-0.2, 0) is 9.53 Å². The van der Waals surface area contributed by atoms with E-state index in [1.165, 1.54) is 6.42 Å². The summed E-state index contributed by atoms with van der Waals surface area (Å²) in [5, 5.41) is 2.98. The molecule has 1 aliphatic rings. The van der Waals surface area contributed by atoms with Crippen LogP contribution in [0.4, 0.5) is 0 Å². The molecule has 0 saturated heterocycles. The van der Waals surface area contributed by atoms with E-state index in [9.17, 15) is 4.79 Å². The third-order valence-corrected chi connectivity index (χ3v) is 3.49. The number of hydrogen-bond donors (Lipinski definition) is 2. The lowest BCUT2D eigenvalue weighted by atomic mass is 9.73. The normalized spacial score (nSPS) is 19.4. The SMILES string of the molecule is COCCCNC(=O)C1(CN)CCCCC1. The number of rotatable bonds is 6. The molecule has 0 aromatic rings. The van der Waals surface area contributed by atoms with Crippen molar-refractivity contribution in [2.24, 2.45) is 11.1 Å². The van der Waals surface area contributed by atoms with E-state index >= 15 is 0 Å². The highest BCUT2D eigenvalue weighted by Crippen LogP contribution is 2.35. The van der Waals surface area contributed by atoms with Crippen LogP contribution in [0, 0.1) is 5.41 Å². The molecule has 1 aliphatic carbocycles. The van der Waals surface area contributed by atoms with E-state index in [1.54, 1.807) is 7.11 Å². The van der Waals surface area contributed by atoms with Crippen molar-refractivity contribution in [3.63, 3.8) is 0 Å². The minimum atomic E-state index is -0.286. The van der Waals surface area contributed by atoms with Gasteiger partial charge in [0.2, 0.25) is 5.91 Å². The van der Waals surface area contributed by atoms with Crippen molar-refractivity contribution < 1.29 is 9.53 Å². The zero-order valence-electron chi connectivity index (χ0n) is 10.3. The van der Waals surface area contributed by atoms with E-state index in [1.807, 2.05) is 0 Å². The second-order valence-corrected chi connectivity index (χ2v) is 4.65. The van der Waals surface area contributed by atoms with E-state index in [4.69, 9.17) is 10.5 Å². The topological polar surface area (TPSA) is 64.3 Å². The maximum atomic E-state index is 12.1. The van der Waals surface area contributed by atoms with Gasteiger partial charge in [-0.1, -0.05) is 19.3 Å². The van der Waals surface area contributed by atoms with Gasteiger partial charge >= 0.3 is 0 Å². The molecule has 4 heteroatoms. The van der Waals surface area contributed by atoms with Crippen LogP contribution in [0.3, 0.4) is 0 Å². The number of methoxy groups -OCH3 is 1. The van der Waals surface area contributed by atoms with Gasteiger partial charge in [0.25, 0.3) is 0 Å². The lowest BCUT2D eigenvalue weighted by Crippen LogP contribution is -2.47. The van der Waals surface area contributed by atoms with Crippen LogP contribution in [0.1, 0.15) is 38.5 Å². The smallest absolute Gasteiger partial charge is 0.227 e. The first-order chi connectivity index (χ1) is 7.75. The van der Waals surface area contributed by atoms with Gasteiger partial charge in [-0.05, 0) is 19.3 Å². The van der Waals surface area contributed by atoms with Crippen molar-refractivity contribution in [3.8, 4) is 0 Å². The molecule has 0 spiro atoms. The van der Waals surface area contributed by atoms with Crippen LogP contribution in [0.15, 0.2) is 0 Å². The Labute approximate surface area is 97.9 Å². The van der Waals surface area contributed by atoms with Gasteiger partial charge in [0.15, 0.2) is 0 Å². The van der Waals surface area contributed by atoms with Gasteiger partial charge in [-0.15, -0.1) is 0 Å². The van der Waals surface area contributed by atoms with Crippen molar-refractivity contribution >= 4 is 5.91 Å². The minimum Gasteiger partial charge on any atom is -0.385 e. The first-order valence-electron chi connectivity index (χ1n) is 6.22. The highest BCUT2D eigenvalue weighted by atomic mass is 16.5. The van der Waals surface area contributed by atoms with Crippen LogP contribution in [-0.4, -0.2) is 32.7 Å². The Hall–Kier alpha value is -0.610. The van der Waals surface area contributed by atoms with Crippen LogP contribution < -0.4 is 11.1 Å². The standard InChI is InChI=1S/C12H24N2O2/c1-16-9-5-8-14-11(15)12(10-13)6-3-2-4-7-12/h2-10,13H2,1H3,(H,14,15). The number of carbonyl (C=O) groups excluding carboxylic acids is 1. The molecule has 1 fully saturated rings. The molecule has 0 unspecified atom stereocenters. The molecule has 94 valence electrons. The fourth-order valence-electron chi connectivity index (χ4n) is 2.36. The highest BCUT2D eigenvalue weighted by molar-refractivity contribution is 5.82. The highest BCUT2D eigenvalue weighted by Gasteiger charge is 2.37. The first kappa shape index (κ1) is 13.5. The first-order valence-corrected chi connectivity index (χ1v) is 6.22. The Morgan fingerprint density at radius 2 is 2.06 bits per heavy atom.